The second-order valence-electron chi connectivity index (χ2n) is 29.8. The molecule has 4 N–H and O–H groups in total. The van der Waals surface area contributed by atoms with E-state index >= 15 is 0 Å². The molecule has 536 valence electrons. The number of ketones is 8. The van der Waals surface area contributed by atoms with Crippen LogP contribution in [-0.2, 0) is 38.4 Å². The number of likely N-dealkylation sites (N-methyl/N-ethyl adjacent to an activating group) is 8. The number of hydrogen-bond donors (Lipinski definition) is 4. The number of fused-ring (bicyclic) bond motifs is 20. The van der Waals surface area contributed by atoms with Crippen LogP contribution in [0.15, 0.2) is 48.6 Å². The predicted molar refractivity (Wildman–Crippen MR) is 393 cm³/mol. The van der Waals surface area contributed by atoms with Crippen molar-refractivity contribution < 1.29 is 38.4 Å². The van der Waals surface area contributed by atoms with E-state index in [0.717, 1.165) is 37.7 Å². The Kier molecular flexibility index (Phi) is 27.8. The second-order valence-corrected chi connectivity index (χ2v) is 34.7. The fraction of sp³-hybridized carbons (Fsp3) is 0.778. The van der Waals surface area contributed by atoms with Gasteiger partial charge in [0, 0.05) is 102 Å². The molecule has 16 fully saturated rings. The molecule has 24 aliphatic heterocycles. The highest BCUT2D eigenvalue weighted by Crippen LogP contribution is 2.43. The minimum atomic E-state index is 0.0498. The summed E-state index contributed by atoms with van der Waals surface area (Å²) in [6.45, 7) is 17.6. The van der Waals surface area contributed by atoms with Gasteiger partial charge in [0.05, 0.1) is 71.4 Å². The van der Waals surface area contributed by atoms with Crippen LogP contribution in [-0.4, -0.2) is 309 Å². The van der Waals surface area contributed by atoms with Crippen molar-refractivity contribution in [1.29, 1.82) is 0 Å². The Labute approximate surface area is 591 Å². The number of nitrogens with zero attached hydrogens (tertiary/aromatic N) is 8. The lowest BCUT2D eigenvalue weighted by Gasteiger charge is -2.49. The third-order valence-electron chi connectivity index (χ3n) is 23.5. The summed E-state index contributed by atoms with van der Waals surface area (Å²) in [6, 6.07) is 3.95. The van der Waals surface area contributed by atoms with Crippen molar-refractivity contribution >= 4 is 93.3 Å². The summed E-state index contributed by atoms with van der Waals surface area (Å²) < 4.78 is 0. The second kappa shape index (κ2) is 34.5. The molecule has 0 spiro atoms. The standard InChI is InChI=1S/C9H16N2O.C9H14N2O.C9H16N2O.C9H14N2O.C9H15NOS.C9H13NOS.C9H15NOS.C9H13NOS/c2*1-6(12)9-8-4-3-7(5-10-8)11(9)2;2*1-6(12)9-7-3-4-8(10-5-7)11(9)2;2*1-6(11)9-8-4-3-7(5-12-8)10(9)2;2*1-6(11)9-7-3-4-8(10(9)2)12-5-7/h7-10H,3-5H2,1-2H3;3-4,7-10H,5H2,1-2H3;7-10H,3-5H2,1-2H3;3-4,7-10H,5H2,1-2H3;7-9H,3-5H2,1-2H3;3-4,7-9H,5H2,1-2H3;7-9H,3-5H2,1-2H3;3-4,7-9H,5H2,1-2H3. The number of rotatable bonds is 8. The monoisotopic (exact) mass is 1400 g/mol. The molecule has 16 saturated heterocycles. The minimum absolute atomic E-state index is 0.0498. The van der Waals surface area contributed by atoms with Crippen LogP contribution in [0.5, 0.6) is 0 Å². The third kappa shape index (κ3) is 17.6. The highest BCUT2D eigenvalue weighted by molar-refractivity contribution is 8.00. The molecule has 24 heteroatoms. The Morgan fingerprint density at radius 1 is 0.344 bits per heavy atom. The van der Waals surface area contributed by atoms with E-state index in [1.54, 1.807) is 55.4 Å². The lowest BCUT2D eigenvalue weighted by atomic mass is 9.82. The summed E-state index contributed by atoms with van der Waals surface area (Å²) in [5.74, 6) is 9.13. The molecule has 24 atom stereocenters. The first-order chi connectivity index (χ1) is 45.6. The van der Waals surface area contributed by atoms with Crippen LogP contribution in [0.25, 0.3) is 0 Å². The van der Waals surface area contributed by atoms with Crippen molar-refractivity contribution in [3.8, 4) is 0 Å². The van der Waals surface area contributed by atoms with E-state index in [4.69, 9.17) is 0 Å². The van der Waals surface area contributed by atoms with Crippen LogP contribution in [0, 0.1) is 23.7 Å². The number of Topliss-reactive ketones (excluding diaryl/α,β-unsaturated/α-hetero) is 8. The largest absolute Gasteiger partial charge is 0.310 e. The van der Waals surface area contributed by atoms with Gasteiger partial charge in [-0.15, -0.1) is 23.5 Å². The number of carbonyl (C=O) groups is 8. The maximum atomic E-state index is 11.3. The van der Waals surface area contributed by atoms with Crippen molar-refractivity contribution in [1.82, 2.24) is 60.5 Å². The van der Waals surface area contributed by atoms with E-state index in [-0.39, 0.29) is 72.1 Å². The molecule has 24 rings (SSSR count). The first kappa shape index (κ1) is 77.4. The van der Waals surface area contributed by atoms with E-state index < -0.39 is 0 Å². The number of thioether (sulfide) groups is 4. The van der Waals surface area contributed by atoms with E-state index in [0.29, 0.717) is 116 Å². The van der Waals surface area contributed by atoms with Gasteiger partial charge in [0.25, 0.3) is 0 Å². The topological polar surface area (TPSA) is 211 Å². The SMILES string of the molecule is CC(=O)C1C2C=CC(CN2)N1C.CC(=O)C1C2C=CC(CS2)N1C.CC(=O)C1C2C=CC(NC2)N1C.CC(=O)C1C2C=CC(SC2)N1C.CC(=O)C1C2CCC(CN2)N1C.CC(=O)C1C2CCC(CS2)N1C.CC(=O)C1C2CCC(NC2)N1C.CC(=O)C1C2CCC(SC2)N1C. The van der Waals surface area contributed by atoms with Gasteiger partial charge in [0.2, 0.25) is 0 Å². The van der Waals surface area contributed by atoms with Crippen LogP contribution in [0.4, 0.5) is 0 Å². The van der Waals surface area contributed by atoms with E-state index in [1.165, 1.54) is 62.9 Å². The van der Waals surface area contributed by atoms with Crippen LogP contribution >= 0.6 is 47.0 Å². The molecule has 16 bridgehead atoms. The molecule has 24 aliphatic rings. The summed E-state index contributed by atoms with van der Waals surface area (Å²) in [7, 11) is 16.4. The van der Waals surface area contributed by atoms with Crippen molar-refractivity contribution in [2.75, 3.05) is 106 Å². The first-order valence-corrected chi connectivity index (χ1v) is 39.7. The van der Waals surface area contributed by atoms with Crippen molar-refractivity contribution in [2.24, 2.45) is 23.7 Å². The summed E-state index contributed by atoms with van der Waals surface area (Å²) in [4.78, 5) is 108. The van der Waals surface area contributed by atoms with Crippen molar-refractivity contribution in [3.05, 3.63) is 48.6 Å². The number of nitrogens with one attached hydrogen (secondary N) is 4. The molecule has 20 nitrogen and oxygen atoms in total. The zero-order valence-electron chi connectivity index (χ0n) is 60.3. The molecule has 0 aromatic carbocycles. The number of piperidine rings is 6. The fourth-order valence-corrected chi connectivity index (χ4v) is 24.4. The van der Waals surface area contributed by atoms with E-state index in [2.05, 4.69) is 137 Å². The van der Waals surface area contributed by atoms with Gasteiger partial charge in [0.1, 0.15) is 46.3 Å². The maximum absolute atomic E-state index is 11.3. The average Bonchev–Trinajstić information content (AvgIpc) is 0.962. The number of carbonyl (C=O) groups excluding carboxylic acids is 8. The quantitative estimate of drug-likeness (QED) is 0.245. The summed E-state index contributed by atoms with van der Waals surface area (Å²) in [6.07, 6.45) is 28.0. The Balaban J connectivity index is 0.000000129. The number of piperazine rings is 2. The average molecular weight is 1410 g/mol. The molecule has 24 unspecified atom stereocenters. The third-order valence-corrected chi connectivity index (χ3v) is 29.3. The van der Waals surface area contributed by atoms with Crippen LogP contribution in [0.3, 0.4) is 0 Å². The maximum Gasteiger partial charge on any atom is 0.148 e. The minimum Gasteiger partial charge on any atom is -0.310 e. The van der Waals surface area contributed by atoms with Gasteiger partial charge in [-0.3, -0.25) is 82.9 Å². The smallest absolute Gasteiger partial charge is 0.148 e. The Morgan fingerprint density at radius 3 is 1.27 bits per heavy atom. The molecule has 0 radical (unpaired) electrons. The van der Waals surface area contributed by atoms with Crippen molar-refractivity contribution in [3.63, 3.8) is 0 Å². The highest BCUT2D eigenvalue weighted by Gasteiger charge is 2.47. The van der Waals surface area contributed by atoms with Crippen LogP contribution in [0.2, 0.25) is 0 Å². The van der Waals surface area contributed by atoms with E-state index in [9.17, 15) is 38.4 Å². The lowest BCUT2D eigenvalue weighted by molar-refractivity contribution is -0.130. The lowest BCUT2D eigenvalue weighted by Crippen LogP contribution is -2.67. The fourth-order valence-electron chi connectivity index (χ4n) is 18.4. The van der Waals surface area contributed by atoms with Gasteiger partial charge in [-0.05, 0) is 181 Å². The molecule has 96 heavy (non-hydrogen) atoms. The van der Waals surface area contributed by atoms with Gasteiger partial charge in [-0.25, -0.2) is 0 Å². The molecular formula is C72H116N12O8S4. The molecular weight excluding hydrogens is 1290 g/mol. The van der Waals surface area contributed by atoms with Gasteiger partial charge in [-0.2, -0.15) is 23.5 Å². The predicted octanol–water partition coefficient (Wildman–Crippen LogP) is 4.58. The zero-order valence-corrected chi connectivity index (χ0v) is 63.5. The Hall–Kier alpha value is -2.76. The normalized spacial score (nSPS) is 41.0. The molecule has 0 saturated carbocycles. The number of hydrogen-bond acceptors (Lipinski definition) is 24. The highest BCUT2D eigenvalue weighted by atomic mass is 32.2. The van der Waals surface area contributed by atoms with Gasteiger partial charge in [-0.1, -0.05) is 48.6 Å². The molecule has 0 aromatic rings. The first-order valence-electron chi connectivity index (χ1n) is 35.5. The molecule has 0 aromatic heterocycles. The van der Waals surface area contributed by atoms with E-state index in [1.807, 2.05) is 75.2 Å². The summed E-state index contributed by atoms with van der Waals surface area (Å²) >= 11 is 7.84. The summed E-state index contributed by atoms with van der Waals surface area (Å²) in [5, 5.41) is 15.5. The summed E-state index contributed by atoms with van der Waals surface area (Å²) in [5.41, 5.74) is 0. The van der Waals surface area contributed by atoms with Gasteiger partial charge < -0.3 is 16.0 Å². The van der Waals surface area contributed by atoms with Crippen LogP contribution in [0.1, 0.15) is 107 Å². The van der Waals surface area contributed by atoms with Crippen molar-refractivity contribution in [2.45, 2.75) is 225 Å². The molecule has 0 aliphatic carbocycles. The van der Waals surface area contributed by atoms with Gasteiger partial charge in [0.15, 0.2) is 0 Å². The van der Waals surface area contributed by atoms with Gasteiger partial charge >= 0.3 is 0 Å². The Morgan fingerprint density at radius 2 is 0.938 bits per heavy atom. The van der Waals surface area contributed by atoms with Crippen LogP contribution < -0.4 is 21.3 Å². The zero-order chi connectivity index (χ0) is 69.7. The molecule has 24 heterocycles. The Bertz CT molecular complexity index is 2490. The molecule has 0 amide bonds.